The van der Waals surface area contributed by atoms with Crippen molar-refractivity contribution in [3.05, 3.63) is 94.5 Å². The van der Waals surface area contributed by atoms with Gasteiger partial charge in [-0.1, -0.05) is 43.3 Å². The number of ether oxygens (including phenoxy) is 1. The molecule has 3 aromatic rings. The molecule has 0 unspecified atom stereocenters. The fourth-order valence-corrected chi connectivity index (χ4v) is 3.52. The van der Waals surface area contributed by atoms with E-state index in [0.29, 0.717) is 34.6 Å². The van der Waals surface area contributed by atoms with Crippen molar-refractivity contribution < 1.29 is 23.1 Å². The Hall–Kier alpha value is -3.34. The number of alkyl halides is 2. The normalized spacial score (nSPS) is 11.3. The lowest BCUT2D eigenvalue weighted by Crippen LogP contribution is -2.12. The second-order valence-corrected chi connectivity index (χ2v) is 7.98. The molecule has 3 rings (SSSR count). The molecule has 0 aliphatic rings. The smallest absolute Gasteiger partial charge is 0.270 e. The van der Waals surface area contributed by atoms with E-state index in [9.17, 15) is 18.4 Å². The Labute approximate surface area is 187 Å². The van der Waals surface area contributed by atoms with Crippen molar-refractivity contribution in [3.8, 4) is 11.5 Å². The molecule has 0 saturated heterocycles. The van der Waals surface area contributed by atoms with Crippen LogP contribution in [-0.4, -0.2) is 11.6 Å². The van der Waals surface area contributed by atoms with Gasteiger partial charge in [0.05, 0.1) is 0 Å². The van der Waals surface area contributed by atoms with Gasteiger partial charge in [0.25, 0.3) is 5.92 Å². The molecule has 0 radical (unpaired) electrons. The summed E-state index contributed by atoms with van der Waals surface area (Å²) in [5, 5.41) is 0. The number of ketones is 2. The number of benzene rings is 3. The molecule has 5 heteroatoms. The van der Waals surface area contributed by atoms with Crippen LogP contribution in [0.3, 0.4) is 0 Å². The number of halogens is 2. The average molecular weight is 436 g/mol. The van der Waals surface area contributed by atoms with Crippen molar-refractivity contribution in [3.63, 3.8) is 0 Å². The molecule has 0 saturated carbocycles. The van der Waals surface area contributed by atoms with Crippen molar-refractivity contribution in [1.29, 1.82) is 0 Å². The van der Waals surface area contributed by atoms with Gasteiger partial charge in [-0.3, -0.25) is 9.59 Å². The highest BCUT2D eigenvalue weighted by atomic mass is 19.3. The minimum atomic E-state index is -2.94. The highest BCUT2D eigenvalue weighted by Gasteiger charge is 2.26. The van der Waals surface area contributed by atoms with Crippen molar-refractivity contribution in [1.82, 2.24) is 0 Å². The van der Waals surface area contributed by atoms with Gasteiger partial charge < -0.3 is 4.74 Å². The lowest BCUT2D eigenvalue weighted by molar-refractivity contribution is -0.117. The third-order valence-corrected chi connectivity index (χ3v) is 5.21. The fourth-order valence-electron chi connectivity index (χ4n) is 3.52. The van der Waals surface area contributed by atoms with Crippen LogP contribution in [0.25, 0.3) is 0 Å². The Morgan fingerprint density at radius 2 is 1.53 bits per heavy atom. The zero-order chi connectivity index (χ0) is 23.3. The number of Topliss-reactive ketones (excluding diaryl/α,β-unsaturated/α-hetero) is 2. The molecule has 3 nitrogen and oxygen atoms in total. The molecule has 0 atom stereocenters. The first kappa shape index (κ1) is 23.3. The van der Waals surface area contributed by atoms with Gasteiger partial charge in [0, 0.05) is 37.3 Å². The lowest BCUT2D eigenvalue weighted by Gasteiger charge is -2.15. The predicted molar refractivity (Wildman–Crippen MR) is 121 cm³/mol. The summed E-state index contributed by atoms with van der Waals surface area (Å²) in [6.45, 7) is 4.31. The second kappa shape index (κ2) is 9.86. The van der Waals surface area contributed by atoms with Gasteiger partial charge in [-0.25, -0.2) is 8.78 Å². The van der Waals surface area contributed by atoms with Crippen LogP contribution in [0.2, 0.25) is 0 Å². The summed E-state index contributed by atoms with van der Waals surface area (Å²) < 4.78 is 33.3. The Morgan fingerprint density at radius 1 is 0.875 bits per heavy atom. The van der Waals surface area contributed by atoms with Crippen molar-refractivity contribution in [2.45, 2.75) is 46.0 Å². The Kier molecular flexibility index (Phi) is 7.18. The SMILES string of the molecule is CCC(=O)c1cccc(Oc2ccc(CC(=O)Cc3ccc(C)c(C(C)(F)F)c3)cc2)c1. The molecule has 166 valence electrons. The molecule has 0 N–H and O–H groups in total. The van der Waals surface area contributed by atoms with E-state index in [4.69, 9.17) is 4.74 Å². The maximum Gasteiger partial charge on any atom is 0.270 e. The molecule has 0 heterocycles. The minimum absolute atomic E-state index is 0.0472. The van der Waals surface area contributed by atoms with Crippen LogP contribution in [0.1, 0.15) is 52.9 Å². The molecule has 32 heavy (non-hydrogen) atoms. The molecule has 0 aliphatic carbocycles. The number of carbonyl (C=O) groups is 2. The van der Waals surface area contributed by atoms with Crippen LogP contribution >= 0.6 is 0 Å². The van der Waals surface area contributed by atoms with E-state index >= 15 is 0 Å². The second-order valence-electron chi connectivity index (χ2n) is 7.98. The van der Waals surface area contributed by atoms with Crippen molar-refractivity contribution in [2.24, 2.45) is 0 Å². The summed E-state index contributed by atoms with van der Waals surface area (Å²) in [5.74, 6) is -1.79. The van der Waals surface area contributed by atoms with Crippen LogP contribution in [0, 0.1) is 6.92 Å². The molecule has 0 aliphatic heterocycles. The van der Waals surface area contributed by atoms with E-state index < -0.39 is 5.92 Å². The summed E-state index contributed by atoms with van der Waals surface area (Å²) in [7, 11) is 0. The quantitative estimate of drug-likeness (QED) is 0.345. The standard InChI is InChI=1S/C27H26F2O3/c1-4-26(31)21-6-5-7-24(17-21)32-23-12-10-19(11-13-23)14-22(30)15-20-9-8-18(2)25(16-20)27(3,28)29/h5-13,16-17H,4,14-15H2,1-3H3. The number of aryl methyl sites for hydroxylation is 1. The number of carbonyl (C=O) groups excluding carboxylic acids is 2. The Morgan fingerprint density at radius 3 is 2.19 bits per heavy atom. The van der Waals surface area contributed by atoms with Crippen molar-refractivity contribution in [2.75, 3.05) is 0 Å². The van der Waals surface area contributed by atoms with E-state index in [0.717, 1.165) is 12.5 Å². The maximum atomic E-state index is 13.7. The van der Waals surface area contributed by atoms with Crippen LogP contribution in [0.4, 0.5) is 8.78 Å². The molecular formula is C27H26F2O3. The molecule has 0 fully saturated rings. The third-order valence-electron chi connectivity index (χ3n) is 5.21. The Balaban J connectivity index is 1.62. The maximum absolute atomic E-state index is 13.7. The average Bonchev–Trinajstić information content (AvgIpc) is 2.75. The lowest BCUT2D eigenvalue weighted by atomic mass is 9.96. The zero-order valence-electron chi connectivity index (χ0n) is 18.5. The van der Waals surface area contributed by atoms with Crippen LogP contribution in [-0.2, 0) is 23.6 Å². The first-order chi connectivity index (χ1) is 15.2. The third kappa shape index (κ3) is 6.10. The first-order valence-electron chi connectivity index (χ1n) is 10.6. The summed E-state index contributed by atoms with van der Waals surface area (Å²) in [6, 6.07) is 18.9. The van der Waals surface area contributed by atoms with Crippen LogP contribution in [0.15, 0.2) is 66.7 Å². The van der Waals surface area contributed by atoms with Crippen LogP contribution < -0.4 is 4.74 Å². The monoisotopic (exact) mass is 436 g/mol. The molecule has 0 aromatic heterocycles. The highest BCUT2D eigenvalue weighted by molar-refractivity contribution is 5.96. The van der Waals surface area contributed by atoms with Gasteiger partial charge in [0.1, 0.15) is 17.3 Å². The molecule has 0 bridgehead atoms. The first-order valence-corrected chi connectivity index (χ1v) is 10.6. The zero-order valence-corrected chi connectivity index (χ0v) is 18.5. The van der Waals surface area contributed by atoms with Gasteiger partial charge in [0.2, 0.25) is 0 Å². The Bertz CT molecular complexity index is 1110. The number of hydrogen-bond acceptors (Lipinski definition) is 3. The summed E-state index contributed by atoms with van der Waals surface area (Å²) in [4.78, 5) is 24.3. The van der Waals surface area contributed by atoms with Crippen molar-refractivity contribution >= 4 is 11.6 Å². The van der Waals surface area contributed by atoms with Gasteiger partial charge in [-0.15, -0.1) is 0 Å². The van der Waals surface area contributed by atoms with E-state index in [1.807, 2.05) is 6.92 Å². The van der Waals surface area contributed by atoms with Gasteiger partial charge >= 0.3 is 0 Å². The number of hydrogen-bond donors (Lipinski definition) is 0. The topological polar surface area (TPSA) is 43.4 Å². The summed E-state index contributed by atoms with van der Waals surface area (Å²) in [5.41, 5.74) is 2.46. The van der Waals surface area contributed by atoms with Crippen LogP contribution in [0.5, 0.6) is 11.5 Å². The predicted octanol–water partition coefficient (Wildman–Crippen LogP) is 6.85. The van der Waals surface area contributed by atoms with E-state index in [2.05, 4.69) is 0 Å². The largest absolute Gasteiger partial charge is 0.457 e. The van der Waals surface area contributed by atoms with E-state index in [1.165, 1.54) is 6.07 Å². The molecular weight excluding hydrogens is 410 g/mol. The fraction of sp³-hybridized carbons (Fsp3) is 0.259. The highest BCUT2D eigenvalue weighted by Crippen LogP contribution is 2.30. The molecule has 0 amide bonds. The van der Waals surface area contributed by atoms with E-state index in [-0.39, 0.29) is 30.0 Å². The van der Waals surface area contributed by atoms with Gasteiger partial charge in [-0.2, -0.15) is 0 Å². The van der Waals surface area contributed by atoms with E-state index in [1.54, 1.807) is 67.6 Å². The number of rotatable bonds is 9. The molecule has 3 aromatic carbocycles. The van der Waals surface area contributed by atoms with Gasteiger partial charge in [-0.05, 0) is 53.9 Å². The van der Waals surface area contributed by atoms with Gasteiger partial charge in [0.15, 0.2) is 5.78 Å². The molecule has 0 spiro atoms. The minimum Gasteiger partial charge on any atom is -0.457 e. The summed E-state index contributed by atoms with van der Waals surface area (Å²) >= 11 is 0. The summed E-state index contributed by atoms with van der Waals surface area (Å²) in [6.07, 6.45) is 0.726.